The lowest BCUT2D eigenvalue weighted by Gasteiger charge is -2.48. The van der Waals surface area contributed by atoms with Crippen LogP contribution in [0.5, 0.6) is 0 Å². The molecule has 0 amide bonds. The fraction of sp³-hybridized carbons (Fsp3) is 0.400. The van der Waals surface area contributed by atoms with Gasteiger partial charge in [-0.05, 0) is 11.1 Å². The molecule has 1 aliphatic rings. The molecule has 1 N–H and O–H groups in total. The molecule has 22 heavy (non-hydrogen) atoms. The predicted molar refractivity (Wildman–Crippen MR) is 90.4 cm³/mol. The highest BCUT2D eigenvalue weighted by Crippen LogP contribution is 2.41. The van der Waals surface area contributed by atoms with Crippen molar-refractivity contribution in [3.05, 3.63) is 71.8 Å². The van der Waals surface area contributed by atoms with E-state index < -0.39 is 5.60 Å². The van der Waals surface area contributed by atoms with Gasteiger partial charge in [0.15, 0.2) is 0 Å². The topological polar surface area (TPSA) is 23.5 Å². The molecule has 2 aromatic rings. The molecule has 0 aliphatic carbocycles. The van der Waals surface area contributed by atoms with E-state index in [0.29, 0.717) is 0 Å². The second-order valence-corrected chi connectivity index (χ2v) is 6.67. The van der Waals surface area contributed by atoms with Gasteiger partial charge in [-0.1, -0.05) is 74.5 Å². The molecule has 0 aromatic heterocycles. The van der Waals surface area contributed by atoms with E-state index in [0.717, 1.165) is 25.2 Å². The fourth-order valence-electron chi connectivity index (χ4n) is 3.86. The Morgan fingerprint density at radius 1 is 0.909 bits per heavy atom. The summed E-state index contributed by atoms with van der Waals surface area (Å²) in [5.41, 5.74) is 1.66. The van der Waals surface area contributed by atoms with Crippen LogP contribution in [0.15, 0.2) is 60.7 Å². The molecule has 0 spiro atoms. The van der Waals surface area contributed by atoms with Crippen LogP contribution in [0.25, 0.3) is 0 Å². The van der Waals surface area contributed by atoms with Gasteiger partial charge < -0.3 is 5.11 Å². The van der Waals surface area contributed by atoms with Crippen LogP contribution in [-0.2, 0) is 12.1 Å². The summed E-state index contributed by atoms with van der Waals surface area (Å²) in [5.74, 6) is 0.421. The van der Waals surface area contributed by atoms with Gasteiger partial charge in [0, 0.05) is 31.5 Å². The lowest BCUT2D eigenvalue weighted by molar-refractivity contribution is -0.114. The highest BCUT2D eigenvalue weighted by molar-refractivity contribution is 5.25. The molecule has 0 saturated carbocycles. The van der Waals surface area contributed by atoms with Crippen molar-refractivity contribution in [2.24, 2.45) is 11.8 Å². The Morgan fingerprint density at radius 3 is 1.95 bits per heavy atom. The molecular weight excluding hydrogens is 270 g/mol. The van der Waals surface area contributed by atoms with Crippen molar-refractivity contribution in [3.8, 4) is 0 Å². The van der Waals surface area contributed by atoms with Gasteiger partial charge in [-0.25, -0.2) is 0 Å². The first-order valence-electron chi connectivity index (χ1n) is 8.15. The van der Waals surface area contributed by atoms with Crippen LogP contribution in [0.2, 0.25) is 0 Å². The number of aliphatic hydroxyl groups is 1. The summed E-state index contributed by atoms with van der Waals surface area (Å²) < 4.78 is 0. The molecule has 1 heterocycles. The molecule has 1 saturated heterocycles. The second-order valence-electron chi connectivity index (χ2n) is 6.67. The minimum absolute atomic E-state index is 0.211. The van der Waals surface area contributed by atoms with Crippen molar-refractivity contribution in [1.82, 2.24) is 4.90 Å². The van der Waals surface area contributed by atoms with Crippen LogP contribution in [0.3, 0.4) is 0 Å². The first-order chi connectivity index (χ1) is 10.6. The van der Waals surface area contributed by atoms with Gasteiger partial charge in [0.2, 0.25) is 0 Å². The van der Waals surface area contributed by atoms with Crippen LogP contribution in [0, 0.1) is 11.8 Å². The Balaban J connectivity index is 1.77. The molecule has 2 heteroatoms. The molecular formula is C20H25NO. The van der Waals surface area contributed by atoms with Crippen LogP contribution in [0.1, 0.15) is 25.0 Å². The zero-order valence-electron chi connectivity index (χ0n) is 13.4. The lowest BCUT2D eigenvalue weighted by Crippen LogP contribution is -2.54. The van der Waals surface area contributed by atoms with E-state index in [2.05, 4.69) is 61.2 Å². The van der Waals surface area contributed by atoms with Gasteiger partial charge in [0.05, 0.1) is 5.60 Å². The van der Waals surface area contributed by atoms with Crippen molar-refractivity contribution in [3.63, 3.8) is 0 Å². The maximum Gasteiger partial charge on any atom is 0.0971 e. The van der Waals surface area contributed by atoms with Crippen LogP contribution >= 0.6 is 0 Å². The third kappa shape index (κ3) is 2.81. The molecule has 2 aromatic carbocycles. The molecule has 3 atom stereocenters. The summed E-state index contributed by atoms with van der Waals surface area (Å²) in [6, 6.07) is 20.7. The van der Waals surface area contributed by atoms with E-state index in [1.165, 1.54) is 5.56 Å². The predicted octanol–water partition coefficient (Wildman–Crippen LogP) is 3.66. The zero-order valence-corrected chi connectivity index (χ0v) is 13.4. The van der Waals surface area contributed by atoms with Gasteiger partial charge in [-0.15, -0.1) is 0 Å². The van der Waals surface area contributed by atoms with E-state index in [9.17, 15) is 5.11 Å². The standard InChI is InChI=1S/C20H25NO/c1-16-13-21(15-18-9-5-3-6-10-18)14-17(2)20(16,22)19-11-7-4-8-12-19/h3-12,16-17,22H,13-15H2,1-2H3/t16-,17+,20-. The van der Waals surface area contributed by atoms with Gasteiger partial charge in [0.1, 0.15) is 0 Å². The Bertz CT molecular complexity index is 584. The maximum atomic E-state index is 11.3. The Kier molecular flexibility index (Phi) is 4.32. The molecule has 3 rings (SSSR count). The van der Waals surface area contributed by atoms with Crippen molar-refractivity contribution < 1.29 is 5.11 Å². The molecule has 0 unspecified atom stereocenters. The maximum absolute atomic E-state index is 11.3. The van der Waals surface area contributed by atoms with Crippen molar-refractivity contribution >= 4 is 0 Å². The monoisotopic (exact) mass is 295 g/mol. The third-order valence-electron chi connectivity index (χ3n) is 5.05. The molecule has 2 nitrogen and oxygen atoms in total. The number of likely N-dealkylation sites (tertiary alicyclic amines) is 1. The zero-order chi connectivity index (χ0) is 15.6. The minimum atomic E-state index is -0.728. The van der Waals surface area contributed by atoms with Gasteiger partial charge >= 0.3 is 0 Å². The lowest BCUT2D eigenvalue weighted by atomic mass is 9.71. The molecule has 116 valence electrons. The highest BCUT2D eigenvalue weighted by Gasteiger charge is 2.45. The Labute approximate surface area is 133 Å². The minimum Gasteiger partial charge on any atom is -0.385 e. The Morgan fingerprint density at radius 2 is 1.41 bits per heavy atom. The summed E-state index contributed by atoms with van der Waals surface area (Å²) in [4.78, 5) is 2.46. The van der Waals surface area contributed by atoms with Crippen LogP contribution in [-0.4, -0.2) is 23.1 Å². The number of hydrogen-bond donors (Lipinski definition) is 1. The molecule has 1 aliphatic heterocycles. The summed E-state index contributed by atoms with van der Waals surface area (Å²) in [7, 11) is 0. The summed E-state index contributed by atoms with van der Waals surface area (Å²) in [6.45, 7) is 7.14. The molecule has 0 radical (unpaired) electrons. The van der Waals surface area contributed by atoms with E-state index in [-0.39, 0.29) is 11.8 Å². The summed E-state index contributed by atoms with van der Waals surface area (Å²) >= 11 is 0. The van der Waals surface area contributed by atoms with E-state index in [1.807, 2.05) is 18.2 Å². The number of piperidine rings is 1. The van der Waals surface area contributed by atoms with E-state index in [1.54, 1.807) is 0 Å². The van der Waals surface area contributed by atoms with Crippen molar-refractivity contribution in [2.75, 3.05) is 13.1 Å². The Hall–Kier alpha value is -1.64. The summed E-state index contributed by atoms with van der Waals surface area (Å²) in [6.07, 6.45) is 0. The number of nitrogens with zero attached hydrogens (tertiary/aromatic N) is 1. The average Bonchev–Trinajstić information content (AvgIpc) is 2.54. The van der Waals surface area contributed by atoms with Crippen LogP contribution < -0.4 is 0 Å². The van der Waals surface area contributed by atoms with E-state index in [4.69, 9.17) is 0 Å². The first kappa shape index (κ1) is 15.3. The van der Waals surface area contributed by atoms with E-state index >= 15 is 0 Å². The number of rotatable bonds is 3. The van der Waals surface area contributed by atoms with Gasteiger partial charge in [-0.3, -0.25) is 4.90 Å². The second kappa shape index (κ2) is 6.23. The molecule has 1 fully saturated rings. The number of benzene rings is 2. The van der Waals surface area contributed by atoms with Crippen molar-refractivity contribution in [1.29, 1.82) is 0 Å². The largest absolute Gasteiger partial charge is 0.385 e. The summed E-state index contributed by atoms with van der Waals surface area (Å²) in [5, 5.41) is 11.3. The van der Waals surface area contributed by atoms with Gasteiger partial charge in [-0.2, -0.15) is 0 Å². The first-order valence-corrected chi connectivity index (χ1v) is 8.15. The quantitative estimate of drug-likeness (QED) is 0.934. The van der Waals surface area contributed by atoms with Crippen molar-refractivity contribution in [2.45, 2.75) is 26.0 Å². The number of hydrogen-bond acceptors (Lipinski definition) is 2. The molecule has 0 bridgehead atoms. The highest BCUT2D eigenvalue weighted by atomic mass is 16.3. The smallest absolute Gasteiger partial charge is 0.0971 e. The fourth-order valence-corrected chi connectivity index (χ4v) is 3.86. The van der Waals surface area contributed by atoms with Gasteiger partial charge in [0.25, 0.3) is 0 Å². The van der Waals surface area contributed by atoms with Crippen LogP contribution in [0.4, 0.5) is 0 Å². The SMILES string of the molecule is C[C@@H]1CN(Cc2ccccc2)C[C@H](C)[C@@]1(O)c1ccccc1. The normalized spacial score (nSPS) is 29.4. The average molecular weight is 295 g/mol. The third-order valence-corrected chi connectivity index (χ3v) is 5.05.